The Labute approximate surface area is 182 Å². The zero-order chi connectivity index (χ0) is 22.2. The van der Waals surface area contributed by atoms with Crippen molar-refractivity contribution >= 4 is 21.8 Å². The highest BCUT2D eigenvalue weighted by Gasteiger charge is 2.52. The predicted molar refractivity (Wildman–Crippen MR) is 112 cm³/mol. The van der Waals surface area contributed by atoms with Gasteiger partial charge in [-0.15, -0.1) is 0 Å². The second kappa shape index (κ2) is 8.40. The molecule has 31 heavy (non-hydrogen) atoms. The number of imide groups is 1. The van der Waals surface area contributed by atoms with E-state index in [1.54, 1.807) is 12.1 Å². The van der Waals surface area contributed by atoms with Crippen molar-refractivity contribution < 1.29 is 27.5 Å². The van der Waals surface area contributed by atoms with Gasteiger partial charge in [0.05, 0.1) is 26.3 Å². The number of sulfonamides is 1. The van der Waals surface area contributed by atoms with Crippen molar-refractivity contribution in [3.63, 3.8) is 0 Å². The largest absolute Gasteiger partial charge is 0.497 e. The van der Waals surface area contributed by atoms with Crippen LogP contribution in [-0.4, -0.2) is 81.4 Å². The smallest absolute Gasteiger partial charge is 0.246 e. The molecule has 1 aromatic rings. The number of rotatable bonds is 6. The van der Waals surface area contributed by atoms with Crippen LogP contribution in [0.5, 0.6) is 11.5 Å². The second-order valence-electron chi connectivity index (χ2n) is 8.47. The van der Waals surface area contributed by atoms with Gasteiger partial charge in [-0.2, -0.15) is 4.31 Å². The second-order valence-corrected chi connectivity index (χ2v) is 10.4. The molecular formula is C21H29N3O6S. The van der Waals surface area contributed by atoms with E-state index in [1.165, 1.54) is 29.5 Å². The Morgan fingerprint density at radius 3 is 2.29 bits per heavy atom. The van der Waals surface area contributed by atoms with E-state index < -0.39 is 15.4 Å². The molecule has 0 unspecified atom stereocenters. The quantitative estimate of drug-likeness (QED) is 0.601. The zero-order valence-corrected chi connectivity index (χ0v) is 18.8. The first-order valence-corrected chi connectivity index (χ1v) is 12.0. The van der Waals surface area contributed by atoms with Crippen LogP contribution in [0.25, 0.3) is 0 Å². The van der Waals surface area contributed by atoms with E-state index >= 15 is 0 Å². The summed E-state index contributed by atoms with van der Waals surface area (Å²) >= 11 is 0. The summed E-state index contributed by atoms with van der Waals surface area (Å²) in [6, 6.07) is 4.69. The first-order valence-electron chi connectivity index (χ1n) is 10.6. The molecule has 3 aliphatic rings. The molecule has 1 saturated carbocycles. The van der Waals surface area contributed by atoms with E-state index in [0.29, 0.717) is 25.3 Å². The van der Waals surface area contributed by atoms with Crippen molar-refractivity contribution in [1.82, 2.24) is 14.1 Å². The Kier molecular flexibility index (Phi) is 5.97. The van der Waals surface area contributed by atoms with Gasteiger partial charge in [0, 0.05) is 38.7 Å². The molecule has 2 aliphatic heterocycles. The normalized spacial score (nSPS) is 22.5. The number of carbonyl (C=O) groups is 2. The minimum Gasteiger partial charge on any atom is -0.497 e. The lowest BCUT2D eigenvalue weighted by Gasteiger charge is -2.36. The molecule has 170 valence electrons. The van der Waals surface area contributed by atoms with E-state index in [0.717, 1.165) is 25.7 Å². The van der Waals surface area contributed by atoms with Crippen molar-refractivity contribution in [3.8, 4) is 11.5 Å². The van der Waals surface area contributed by atoms with Crippen LogP contribution in [0.1, 0.15) is 32.1 Å². The van der Waals surface area contributed by atoms with Crippen LogP contribution in [0.4, 0.5) is 0 Å². The highest BCUT2D eigenvalue weighted by atomic mass is 32.2. The van der Waals surface area contributed by atoms with E-state index in [9.17, 15) is 18.0 Å². The third-order valence-electron chi connectivity index (χ3n) is 6.71. The molecule has 10 heteroatoms. The molecule has 1 spiro atoms. The number of benzene rings is 1. The van der Waals surface area contributed by atoms with Crippen LogP contribution >= 0.6 is 0 Å². The van der Waals surface area contributed by atoms with Crippen LogP contribution in [0.3, 0.4) is 0 Å². The minimum absolute atomic E-state index is 0.0498. The molecule has 0 aromatic heterocycles. The fourth-order valence-corrected chi connectivity index (χ4v) is 6.47. The van der Waals surface area contributed by atoms with Gasteiger partial charge in [0.15, 0.2) is 0 Å². The van der Waals surface area contributed by atoms with Crippen molar-refractivity contribution in [2.24, 2.45) is 5.41 Å². The number of nitrogens with zero attached hydrogens (tertiary/aromatic N) is 3. The summed E-state index contributed by atoms with van der Waals surface area (Å²) in [5.74, 6) is 0.539. The van der Waals surface area contributed by atoms with Crippen LogP contribution < -0.4 is 9.47 Å². The van der Waals surface area contributed by atoms with Gasteiger partial charge in [0.25, 0.3) is 0 Å². The number of ether oxygens (including phenoxy) is 2. The molecule has 2 saturated heterocycles. The van der Waals surface area contributed by atoms with Gasteiger partial charge < -0.3 is 9.47 Å². The van der Waals surface area contributed by atoms with Crippen molar-refractivity contribution in [1.29, 1.82) is 0 Å². The van der Waals surface area contributed by atoms with E-state index in [-0.39, 0.29) is 42.2 Å². The summed E-state index contributed by atoms with van der Waals surface area (Å²) in [6.45, 7) is 1.65. The van der Waals surface area contributed by atoms with Gasteiger partial charge in [-0.25, -0.2) is 8.42 Å². The molecule has 0 bridgehead atoms. The number of carbonyl (C=O) groups excluding carboxylic acids is 2. The Morgan fingerprint density at radius 1 is 1.00 bits per heavy atom. The Morgan fingerprint density at radius 2 is 1.68 bits per heavy atom. The summed E-state index contributed by atoms with van der Waals surface area (Å²) in [5, 5.41) is 0. The van der Waals surface area contributed by atoms with Crippen LogP contribution in [0.2, 0.25) is 0 Å². The van der Waals surface area contributed by atoms with Gasteiger partial charge >= 0.3 is 0 Å². The average Bonchev–Trinajstić information content (AvgIpc) is 3.34. The van der Waals surface area contributed by atoms with Crippen LogP contribution in [-0.2, 0) is 19.6 Å². The third-order valence-corrected chi connectivity index (χ3v) is 8.63. The van der Waals surface area contributed by atoms with Gasteiger partial charge in [0.1, 0.15) is 16.4 Å². The standard InChI is InChI=1S/C21H29N3O6S/c1-29-16-5-6-17(30-2)18(13-16)31(27,28)23-11-9-22(10-12-23)15-24-19(25)14-21(20(24)26)7-3-4-8-21/h5-6,13H,3-4,7-12,14-15H2,1-2H3. The first-order chi connectivity index (χ1) is 14.8. The van der Waals surface area contributed by atoms with Crippen molar-refractivity contribution in [2.45, 2.75) is 37.0 Å². The number of amides is 2. The van der Waals surface area contributed by atoms with Crippen LogP contribution in [0.15, 0.2) is 23.1 Å². The minimum atomic E-state index is -3.77. The molecule has 1 aromatic carbocycles. The molecule has 4 rings (SSSR count). The molecule has 1 aliphatic carbocycles. The summed E-state index contributed by atoms with van der Waals surface area (Å²) in [7, 11) is -0.863. The van der Waals surface area contributed by atoms with Crippen molar-refractivity contribution in [3.05, 3.63) is 18.2 Å². The SMILES string of the molecule is COc1ccc(OC)c(S(=O)(=O)N2CCN(CN3C(=O)CC4(CCCC4)C3=O)CC2)c1. The number of hydrogen-bond donors (Lipinski definition) is 0. The highest BCUT2D eigenvalue weighted by molar-refractivity contribution is 7.89. The highest BCUT2D eigenvalue weighted by Crippen LogP contribution is 2.46. The average molecular weight is 452 g/mol. The van der Waals surface area contributed by atoms with Crippen molar-refractivity contribution in [2.75, 3.05) is 47.1 Å². The summed E-state index contributed by atoms with van der Waals surface area (Å²) < 4.78 is 38.3. The Hall–Kier alpha value is -2.17. The maximum absolute atomic E-state index is 13.2. The van der Waals surface area contributed by atoms with E-state index in [1.807, 2.05) is 4.90 Å². The molecule has 2 heterocycles. The van der Waals surface area contributed by atoms with Crippen LogP contribution in [0, 0.1) is 5.41 Å². The molecule has 0 atom stereocenters. The molecule has 0 radical (unpaired) electrons. The first kappa shape index (κ1) is 22.0. The lowest BCUT2D eigenvalue weighted by molar-refractivity contribution is -0.144. The predicted octanol–water partition coefficient (Wildman–Crippen LogP) is 1.29. The number of likely N-dealkylation sites (tertiary alicyclic amines) is 1. The Bertz CT molecular complexity index is 965. The van der Waals surface area contributed by atoms with E-state index in [4.69, 9.17) is 9.47 Å². The fraction of sp³-hybridized carbons (Fsp3) is 0.619. The lowest BCUT2D eigenvalue weighted by atomic mass is 9.85. The maximum Gasteiger partial charge on any atom is 0.246 e. The number of hydrogen-bond acceptors (Lipinski definition) is 7. The van der Waals surface area contributed by atoms with Gasteiger partial charge in [-0.05, 0) is 25.0 Å². The Balaban J connectivity index is 1.42. The molecular weight excluding hydrogens is 422 g/mol. The lowest BCUT2D eigenvalue weighted by Crippen LogP contribution is -2.52. The topological polar surface area (TPSA) is 96.5 Å². The molecule has 3 fully saturated rings. The van der Waals surface area contributed by atoms with Gasteiger partial charge in [0.2, 0.25) is 21.8 Å². The zero-order valence-electron chi connectivity index (χ0n) is 18.0. The summed E-state index contributed by atoms with van der Waals surface area (Å²) in [4.78, 5) is 28.8. The molecule has 9 nitrogen and oxygen atoms in total. The monoisotopic (exact) mass is 451 g/mol. The third kappa shape index (κ3) is 3.92. The molecule has 2 amide bonds. The van der Waals surface area contributed by atoms with Gasteiger partial charge in [-0.1, -0.05) is 12.8 Å². The van der Waals surface area contributed by atoms with E-state index in [2.05, 4.69) is 0 Å². The number of methoxy groups -OCH3 is 2. The van der Waals surface area contributed by atoms with Gasteiger partial charge in [-0.3, -0.25) is 19.4 Å². The fourth-order valence-electron chi connectivity index (χ4n) is 4.88. The maximum atomic E-state index is 13.2. The number of piperazine rings is 1. The summed E-state index contributed by atoms with van der Waals surface area (Å²) in [6.07, 6.45) is 3.90. The molecule has 0 N–H and O–H groups in total. The summed E-state index contributed by atoms with van der Waals surface area (Å²) in [5.41, 5.74) is -0.481.